The first kappa shape index (κ1) is 8.67. The van der Waals surface area contributed by atoms with Gasteiger partial charge in [0.1, 0.15) is 0 Å². The lowest BCUT2D eigenvalue weighted by Gasteiger charge is -2.03. The molecule has 0 aliphatic carbocycles. The fourth-order valence-corrected chi connectivity index (χ4v) is 0.829. The second kappa shape index (κ2) is 3.82. The molecule has 0 saturated carbocycles. The zero-order valence-corrected chi connectivity index (χ0v) is 6.34. The number of nitrogens with zero attached hydrogens (tertiary/aromatic N) is 1. The summed E-state index contributed by atoms with van der Waals surface area (Å²) in [5.74, 6) is -1.21. The number of carboxylic acids is 1. The number of carboxylic acid groups (broad SMARTS) is 1. The van der Waals surface area contributed by atoms with Crippen molar-refractivity contribution >= 4 is 5.97 Å². The van der Waals surface area contributed by atoms with Gasteiger partial charge in [-0.2, -0.15) is 0 Å². The van der Waals surface area contributed by atoms with E-state index in [1.54, 1.807) is 18.3 Å². The lowest BCUT2D eigenvalue weighted by Crippen LogP contribution is -2.21. The fourth-order valence-electron chi connectivity index (χ4n) is 0.829. The summed E-state index contributed by atoms with van der Waals surface area (Å²) < 4.78 is 0. The van der Waals surface area contributed by atoms with Gasteiger partial charge in [-0.05, 0) is 11.6 Å². The summed E-state index contributed by atoms with van der Waals surface area (Å²) >= 11 is 0. The highest BCUT2D eigenvalue weighted by atomic mass is 16.4. The maximum Gasteiger partial charge on any atom is 0.332 e. The average molecular weight is 167 g/mol. The molecule has 0 aliphatic heterocycles. The molecule has 0 bridgehead atoms. The zero-order chi connectivity index (χ0) is 8.97. The molecule has 0 spiro atoms. The number of rotatable bonds is 3. The molecule has 1 atom stereocenters. The smallest absolute Gasteiger partial charge is 0.332 e. The molecule has 4 heteroatoms. The highest BCUT2D eigenvalue weighted by Gasteiger charge is 2.12. The first-order chi connectivity index (χ1) is 5.70. The van der Waals surface area contributed by atoms with Crippen molar-refractivity contribution in [2.45, 2.75) is 12.5 Å². The molecule has 0 fully saturated rings. The molecule has 0 radical (unpaired) electrons. The lowest BCUT2D eigenvalue weighted by molar-refractivity contribution is -0.146. The Bertz CT molecular complexity index is 260. The number of aliphatic hydroxyl groups is 1. The summed E-state index contributed by atoms with van der Waals surface area (Å²) in [5.41, 5.74) is 0.715. The molecule has 1 aromatic rings. The SMILES string of the molecule is O=C(O)C(O)Cc1cccnc1. The van der Waals surface area contributed by atoms with Crippen LogP contribution in [0.15, 0.2) is 24.5 Å². The molecule has 1 heterocycles. The van der Waals surface area contributed by atoms with Crippen molar-refractivity contribution in [3.05, 3.63) is 30.1 Å². The number of pyridine rings is 1. The van der Waals surface area contributed by atoms with Gasteiger partial charge in [-0.25, -0.2) is 4.79 Å². The van der Waals surface area contributed by atoms with E-state index in [0.717, 1.165) is 0 Å². The quantitative estimate of drug-likeness (QED) is 0.668. The molecule has 4 nitrogen and oxygen atoms in total. The van der Waals surface area contributed by atoms with E-state index in [9.17, 15) is 4.79 Å². The minimum atomic E-state index is -1.34. The predicted octanol–water partition coefficient (Wildman–Crippen LogP) is 0.0696. The van der Waals surface area contributed by atoms with Gasteiger partial charge in [0, 0.05) is 18.8 Å². The van der Waals surface area contributed by atoms with Crippen LogP contribution in [0.1, 0.15) is 5.56 Å². The summed E-state index contributed by atoms with van der Waals surface area (Å²) in [4.78, 5) is 14.0. The number of hydrogen-bond acceptors (Lipinski definition) is 3. The van der Waals surface area contributed by atoms with E-state index in [1.165, 1.54) is 6.20 Å². The van der Waals surface area contributed by atoms with Crippen molar-refractivity contribution < 1.29 is 15.0 Å². The van der Waals surface area contributed by atoms with E-state index >= 15 is 0 Å². The zero-order valence-electron chi connectivity index (χ0n) is 6.34. The van der Waals surface area contributed by atoms with E-state index in [0.29, 0.717) is 5.56 Å². The second-order valence-electron chi connectivity index (χ2n) is 2.42. The fraction of sp³-hybridized carbons (Fsp3) is 0.250. The number of carbonyl (C=O) groups is 1. The highest BCUT2D eigenvalue weighted by molar-refractivity contribution is 5.72. The van der Waals surface area contributed by atoms with Crippen LogP contribution in [0.5, 0.6) is 0 Å². The summed E-state index contributed by atoms with van der Waals surface area (Å²) in [6, 6.07) is 3.42. The van der Waals surface area contributed by atoms with Crippen molar-refractivity contribution in [2.75, 3.05) is 0 Å². The van der Waals surface area contributed by atoms with Gasteiger partial charge in [0.05, 0.1) is 0 Å². The lowest BCUT2D eigenvalue weighted by atomic mass is 10.1. The third-order valence-corrected chi connectivity index (χ3v) is 1.44. The van der Waals surface area contributed by atoms with Crippen LogP contribution in [0, 0.1) is 0 Å². The van der Waals surface area contributed by atoms with Crippen LogP contribution in [-0.2, 0) is 11.2 Å². The number of aromatic nitrogens is 1. The molecule has 0 aliphatic rings. The minimum Gasteiger partial charge on any atom is -0.479 e. The van der Waals surface area contributed by atoms with Gasteiger partial charge in [0.2, 0.25) is 0 Å². The Kier molecular flexibility index (Phi) is 2.76. The van der Waals surface area contributed by atoms with Crippen molar-refractivity contribution in [1.29, 1.82) is 0 Å². The van der Waals surface area contributed by atoms with Crippen LogP contribution in [0.2, 0.25) is 0 Å². The summed E-state index contributed by atoms with van der Waals surface area (Å²) in [5, 5.41) is 17.3. The van der Waals surface area contributed by atoms with Gasteiger partial charge in [-0.15, -0.1) is 0 Å². The van der Waals surface area contributed by atoms with Gasteiger partial charge in [0.15, 0.2) is 6.10 Å². The maximum atomic E-state index is 10.2. The molecule has 1 unspecified atom stereocenters. The summed E-state index contributed by atoms with van der Waals surface area (Å²) in [7, 11) is 0. The molecule has 1 aromatic heterocycles. The van der Waals surface area contributed by atoms with Gasteiger partial charge in [0.25, 0.3) is 0 Å². The van der Waals surface area contributed by atoms with Crippen LogP contribution >= 0.6 is 0 Å². The van der Waals surface area contributed by atoms with Crippen molar-refractivity contribution in [3.8, 4) is 0 Å². The first-order valence-corrected chi connectivity index (χ1v) is 3.50. The summed E-state index contributed by atoms with van der Waals surface area (Å²) in [6.45, 7) is 0. The van der Waals surface area contributed by atoms with Crippen LogP contribution in [-0.4, -0.2) is 27.3 Å². The van der Waals surface area contributed by atoms with Gasteiger partial charge in [-0.1, -0.05) is 6.07 Å². The maximum absolute atomic E-state index is 10.2. The molecule has 2 N–H and O–H groups in total. The molecular weight excluding hydrogens is 158 g/mol. The topological polar surface area (TPSA) is 70.4 Å². The largest absolute Gasteiger partial charge is 0.479 e. The third-order valence-electron chi connectivity index (χ3n) is 1.44. The predicted molar refractivity (Wildman–Crippen MR) is 41.6 cm³/mol. The number of hydrogen-bond donors (Lipinski definition) is 2. The van der Waals surface area contributed by atoms with Crippen molar-refractivity contribution in [2.24, 2.45) is 0 Å². The number of aliphatic hydroxyl groups excluding tert-OH is 1. The molecule has 0 saturated heterocycles. The summed E-state index contributed by atoms with van der Waals surface area (Å²) in [6.07, 6.45) is 1.89. The molecule has 0 amide bonds. The van der Waals surface area contributed by atoms with Gasteiger partial charge in [-0.3, -0.25) is 4.98 Å². The normalized spacial score (nSPS) is 12.4. The van der Waals surface area contributed by atoms with E-state index in [4.69, 9.17) is 10.2 Å². The van der Waals surface area contributed by atoms with E-state index in [2.05, 4.69) is 4.98 Å². The third kappa shape index (κ3) is 2.32. The molecule has 64 valence electrons. The standard InChI is InChI=1S/C8H9NO3/c10-7(8(11)12)4-6-2-1-3-9-5-6/h1-3,5,7,10H,4H2,(H,11,12). The van der Waals surface area contributed by atoms with Gasteiger partial charge < -0.3 is 10.2 Å². The highest BCUT2D eigenvalue weighted by Crippen LogP contribution is 2.00. The van der Waals surface area contributed by atoms with Gasteiger partial charge >= 0.3 is 5.97 Å². The van der Waals surface area contributed by atoms with E-state index in [1.807, 2.05) is 0 Å². The Hall–Kier alpha value is -1.42. The van der Waals surface area contributed by atoms with Crippen LogP contribution in [0.3, 0.4) is 0 Å². The van der Waals surface area contributed by atoms with Crippen LogP contribution in [0.25, 0.3) is 0 Å². The Balaban J connectivity index is 2.58. The van der Waals surface area contributed by atoms with Crippen molar-refractivity contribution in [3.63, 3.8) is 0 Å². The molecule has 12 heavy (non-hydrogen) atoms. The Labute approximate surface area is 69.5 Å². The molecule has 1 rings (SSSR count). The van der Waals surface area contributed by atoms with Crippen LogP contribution < -0.4 is 0 Å². The molecule has 0 aromatic carbocycles. The molecular formula is C8H9NO3. The average Bonchev–Trinajstić information content (AvgIpc) is 2.06. The van der Waals surface area contributed by atoms with Crippen LogP contribution in [0.4, 0.5) is 0 Å². The Morgan fingerprint density at radius 2 is 2.42 bits per heavy atom. The second-order valence-corrected chi connectivity index (χ2v) is 2.42. The van der Waals surface area contributed by atoms with E-state index < -0.39 is 12.1 Å². The Morgan fingerprint density at radius 3 is 2.92 bits per heavy atom. The number of aliphatic carboxylic acids is 1. The van der Waals surface area contributed by atoms with E-state index in [-0.39, 0.29) is 6.42 Å². The first-order valence-electron chi connectivity index (χ1n) is 3.50. The minimum absolute atomic E-state index is 0.100. The van der Waals surface area contributed by atoms with Crippen molar-refractivity contribution in [1.82, 2.24) is 4.98 Å². The monoisotopic (exact) mass is 167 g/mol. The Morgan fingerprint density at radius 1 is 1.67 bits per heavy atom.